The van der Waals surface area contributed by atoms with Crippen molar-refractivity contribution >= 4 is 21.7 Å². The second kappa shape index (κ2) is 7.22. The highest BCUT2D eigenvalue weighted by Crippen LogP contribution is 2.26. The van der Waals surface area contributed by atoms with Crippen molar-refractivity contribution < 1.29 is 0 Å². The van der Waals surface area contributed by atoms with E-state index >= 15 is 0 Å². The van der Waals surface area contributed by atoms with Gasteiger partial charge in [0.2, 0.25) is 0 Å². The van der Waals surface area contributed by atoms with Gasteiger partial charge in [-0.1, -0.05) is 46.0 Å². The van der Waals surface area contributed by atoms with Crippen molar-refractivity contribution in [2.75, 3.05) is 11.9 Å². The lowest BCUT2D eigenvalue weighted by Gasteiger charge is -2.21. The van der Waals surface area contributed by atoms with Gasteiger partial charge in [-0.15, -0.1) is 0 Å². The minimum atomic E-state index is 0.358. The van der Waals surface area contributed by atoms with Gasteiger partial charge < -0.3 is 5.32 Å². The van der Waals surface area contributed by atoms with Crippen LogP contribution < -0.4 is 5.32 Å². The van der Waals surface area contributed by atoms with Crippen molar-refractivity contribution in [1.29, 1.82) is 0 Å². The summed E-state index contributed by atoms with van der Waals surface area (Å²) in [5.74, 6) is 3.11. The summed E-state index contributed by atoms with van der Waals surface area (Å²) in [5.41, 5.74) is 0. The molecular weight excluding hydrogens is 302 g/mol. The van der Waals surface area contributed by atoms with Gasteiger partial charge in [0.05, 0.1) is 0 Å². The Hall–Kier alpha value is -0.640. The van der Waals surface area contributed by atoms with Crippen LogP contribution in [0.3, 0.4) is 0 Å². The molecule has 0 amide bonds. The third-order valence-electron chi connectivity index (χ3n) is 3.81. The average Bonchev–Trinajstić information content (AvgIpc) is 2.39. The van der Waals surface area contributed by atoms with Gasteiger partial charge in [0.25, 0.3) is 0 Å². The second-order valence-electron chi connectivity index (χ2n) is 5.81. The maximum absolute atomic E-state index is 4.56. The molecule has 0 radical (unpaired) electrons. The van der Waals surface area contributed by atoms with E-state index in [0.717, 1.165) is 28.7 Å². The van der Waals surface area contributed by atoms with Crippen LogP contribution in [0, 0.1) is 5.92 Å². The third-order valence-corrected chi connectivity index (χ3v) is 4.22. The lowest BCUT2D eigenvalue weighted by atomic mass is 9.87. The molecule has 0 saturated heterocycles. The molecule has 1 heterocycles. The van der Waals surface area contributed by atoms with E-state index in [9.17, 15) is 0 Å². The van der Waals surface area contributed by atoms with E-state index in [2.05, 4.69) is 45.1 Å². The van der Waals surface area contributed by atoms with Crippen molar-refractivity contribution in [3.63, 3.8) is 0 Å². The molecule has 0 aromatic carbocycles. The molecular formula is C15H24BrN3. The van der Waals surface area contributed by atoms with Gasteiger partial charge in [0.15, 0.2) is 0 Å². The molecule has 1 fully saturated rings. The third kappa shape index (κ3) is 4.75. The molecule has 0 spiro atoms. The van der Waals surface area contributed by atoms with Gasteiger partial charge in [0, 0.05) is 18.5 Å². The lowest BCUT2D eigenvalue weighted by molar-refractivity contribution is 0.345. The maximum atomic E-state index is 4.56. The van der Waals surface area contributed by atoms with Crippen LogP contribution in [-0.2, 0) is 0 Å². The molecule has 0 bridgehead atoms. The van der Waals surface area contributed by atoms with Crippen molar-refractivity contribution in [3.05, 3.63) is 16.5 Å². The van der Waals surface area contributed by atoms with Crippen molar-refractivity contribution in [2.24, 2.45) is 5.92 Å². The van der Waals surface area contributed by atoms with E-state index in [0.29, 0.717) is 5.92 Å². The van der Waals surface area contributed by atoms with E-state index in [-0.39, 0.29) is 0 Å². The van der Waals surface area contributed by atoms with E-state index in [1.807, 2.05) is 6.07 Å². The van der Waals surface area contributed by atoms with E-state index < -0.39 is 0 Å². The highest BCUT2D eigenvalue weighted by atomic mass is 79.9. The summed E-state index contributed by atoms with van der Waals surface area (Å²) in [6.45, 7) is 5.26. The quantitative estimate of drug-likeness (QED) is 0.794. The molecule has 0 unspecified atom stereocenters. The highest BCUT2D eigenvalue weighted by molar-refractivity contribution is 9.10. The van der Waals surface area contributed by atoms with E-state index in [4.69, 9.17) is 0 Å². The minimum absolute atomic E-state index is 0.358. The number of hydrogen-bond acceptors (Lipinski definition) is 3. The number of halogens is 1. The summed E-state index contributed by atoms with van der Waals surface area (Å²) >= 11 is 3.46. The molecule has 1 aliphatic carbocycles. The van der Waals surface area contributed by atoms with Gasteiger partial charge in [-0.05, 0) is 28.3 Å². The smallest absolute Gasteiger partial charge is 0.134 e. The van der Waals surface area contributed by atoms with Crippen molar-refractivity contribution in [3.8, 4) is 0 Å². The van der Waals surface area contributed by atoms with E-state index in [1.54, 1.807) is 0 Å². The second-order valence-corrected chi connectivity index (χ2v) is 6.62. The maximum Gasteiger partial charge on any atom is 0.134 e. The zero-order chi connectivity index (χ0) is 13.7. The fourth-order valence-electron chi connectivity index (χ4n) is 2.66. The van der Waals surface area contributed by atoms with Gasteiger partial charge in [-0.3, -0.25) is 0 Å². The molecule has 106 valence electrons. The Bertz CT molecular complexity index is 400. The first-order chi connectivity index (χ1) is 9.15. The van der Waals surface area contributed by atoms with Crippen molar-refractivity contribution in [1.82, 2.24) is 9.97 Å². The number of nitrogens with zero attached hydrogens (tertiary/aromatic N) is 2. The number of rotatable bonds is 5. The largest absolute Gasteiger partial charge is 0.370 e. The molecule has 1 N–H and O–H groups in total. The molecule has 1 aliphatic rings. The summed E-state index contributed by atoms with van der Waals surface area (Å²) in [4.78, 5) is 8.96. The molecule has 0 atom stereocenters. The Balaban J connectivity index is 1.84. The fraction of sp³-hybridized carbons (Fsp3) is 0.733. The topological polar surface area (TPSA) is 37.8 Å². The Morgan fingerprint density at radius 2 is 2.00 bits per heavy atom. The first-order valence-corrected chi connectivity index (χ1v) is 8.23. The molecule has 1 aromatic rings. The normalized spacial score (nSPS) is 16.8. The molecule has 1 aromatic heterocycles. The molecule has 4 heteroatoms. The predicted octanol–water partition coefficient (Wildman–Crippen LogP) is 4.74. The predicted molar refractivity (Wildman–Crippen MR) is 83.5 cm³/mol. The van der Waals surface area contributed by atoms with Crippen LogP contribution in [0.25, 0.3) is 0 Å². The Morgan fingerprint density at radius 1 is 1.26 bits per heavy atom. The van der Waals surface area contributed by atoms with Crippen LogP contribution in [0.2, 0.25) is 0 Å². The Kier molecular flexibility index (Phi) is 5.61. The van der Waals surface area contributed by atoms with Crippen LogP contribution in [-0.4, -0.2) is 16.5 Å². The van der Waals surface area contributed by atoms with Gasteiger partial charge >= 0.3 is 0 Å². The first kappa shape index (κ1) is 14.8. The molecule has 1 saturated carbocycles. The number of aromatic nitrogens is 2. The molecule has 19 heavy (non-hydrogen) atoms. The molecule has 2 rings (SSSR count). The summed E-state index contributed by atoms with van der Waals surface area (Å²) in [7, 11) is 0. The summed E-state index contributed by atoms with van der Waals surface area (Å²) in [6, 6.07) is 1.97. The Morgan fingerprint density at radius 3 is 2.68 bits per heavy atom. The summed E-state index contributed by atoms with van der Waals surface area (Å²) in [5, 5.41) is 3.45. The van der Waals surface area contributed by atoms with Crippen molar-refractivity contribution in [2.45, 2.75) is 58.3 Å². The van der Waals surface area contributed by atoms with E-state index in [1.165, 1.54) is 38.5 Å². The summed E-state index contributed by atoms with van der Waals surface area (Å²) < 4.78 is 0.867. The number of nitrogens with one attached hydrogen (secondary N) is 1. The lowest BCUT2D eigenvalue weighted by Crippen LogP contribution is -2.13. The highest BCUT2D eigenvalue weighted by Gasteiger charge is 2.13. The molecule has 0 aliphatic heterocycles. The number of anilines is 1. The monoisotopic (exact) mass is 325 g/mol. The standard InChI is InChI=1S/C15H24BrN3/c1-11(2)15-18-13(16)10-14(19-15)17-9-8-12-6-4-3-5-7-12/h10-12H,3-9H2,1-2H3,(H,17,18,19). The van der Waals surface area contributed by atoms with Crippen LogP contribution in [0.15, 0.2) is 10.7 Å². The fourth-order valence-corrected chi connectivity index (χ4v) is 3.06. The minimum Gasteiger partial charge on any atom is -0.370 e. The molecule has 3 nitrogen and oxygen atoms in total. The zero-order valence-corrected chi connectivity index (χ0v) is 13.5. The zero-order valence-electron chi connectivity index (χ0n) is 12.0. The SMILES string of the molecule is CC(C)c1nc(Br)cc(NCCC2CCCCC2)n1. The van der Waals surface area contributed by atoms with Gasteiger partial charge in [-0.25, -0.2) is 9.97 Å². The van der Waals surface area contributed by atoms with Gasteiger partial charge in [0.1, 0.15) is 16.2 Å². The number of hydrogen-bond donors (Lipinski definition) is 1. The van der Waals surface area contributed by atoms with Gasteiger partial charge in [-0.2, -0.15) is 0 Å². The Labute approximate surface area is 124 Å². The average molecular weight is 326 g/mol. The summed E-state index contributed by atoms with van der Waals surface area (Å²) in [6.07, 6.45) is 8.35. The first-order valence-electron chi connectivity index (χ1n) is 7.43. The van der Waals surface area contributed by atoms with Crippen LogP contribution in [0.4, 0.5) is 5.82 Å². The van der Waals surface area contributed by atoms with Crippen LogP contribution in [0.1, 0.15) is 64.1 Å². The van der Waals surface area contributed by atoms with Crippen LogP contribution in [0.5, 0.6) is 0 Å². The van der Waals surface area contributed by atoms with Crippen LogP contribution >= 0.6 is 15.9 Å².